The fourth-order valence-corrected chi connectivity index (χ4v) is 4.88. The number of anilines is 1. The van der Waals surface area contributed by atoms with Gasteiger partial charge in [0, 0.05) is 43.9 Å². The third-order valence-electron chi connectivity index (χ3n) is 6.03. The molecule has 0 saturated carbocycles. The van der Waals surface area contributed by atoms with Gasteiger partial charge in [0.05, 0.1) is 17.3 Å². The van der Waals surface area contributed by atoms with Gasteiger partial charge in [-0.05, 0) is 60.8 Å². The number of rotatable bonds is 8. The second kappa shape index (κ2) is 14.0. The van der Waals surface area contributed by atoms with Crippen LogP contribution >= 0.6 is 11.3 Å². The van der Waals surface area contributed by atoms with Crippen molar-refractivity contribution in [3.05, 3.63) is 87.6 Å². The summed E-state index contributed by atoms with van der Waals surface area (Å²) in [6.07, 6.45) is 8.00. The van der Waals surface area contributed by atoms with Crippen molar-refractivity contribution in [1.29, 1.82) is 5.26 Å². The molecule has 7 heteroatoms. The summed E-state index contributed by atoms with van der Waals surface area (Å²) in [5.74, 6) is -0.922. The lowest BCUT2D eigenvalue weighted by Gasteiger charge is -2.32. The number of nitrogens with zero attached hydrogens (tertiary/aromatic N) is 4. The Morgan fingerprint density at radius 1 is 1.03 bits per heavy atom. The van der Waals surface area contributed by atoms with Crippen LogP contribution in [0.15, 0.2) is 66.0 Å². The van der Waals surface area contributed by atoms with Crippen molar-refractivity contribution >= 4 is 29.0 Å². The van der Waals surface area contributed by atoms with Crippen LogP contribution in [-0.2, 0) is 11.3 Å². The van der Waals surface area contributed by atoms with Gasteiger partial charge in [-0.25, -0.2) is 9.69 Å². The average Bonchev–Trinajstić information content (AvgIpc) is 3.41. The molecule has 1 aromatic heterocycles. The number of imide groups is 1. The quantitative estimate of drug-likeness (QED) is 0.359. The Morgan fingerprint density at radius 3 is 2.24 bits per heavy atom. The number of amides is 3. The first-order valence-corrected chi connectivity index (χ1v) is 12.8. The van der Waals surface area contributed by atoms with Crippen LogP contribution in [0, 0.1) is 37.0 Å². The molecule has 3 amide bonds. The van der Waals surface area contributed by atoms with Gasteiger partial charge in [0.1, 0.15) is 0 Å². The third kappa shape index (κ3) is 7.79. The molecule has 0 radical (unpaired) electrons. The molecule has 2 aromatic carbocycles. The fourth-order valence-electron chi connectivity index (χ4n) is 4.10. The van der Waals surface area contributed by atoms with Gasteiger partial charge in [-0.1, -0.05) is 37.3 Å². The normalized spacial score (nSPS) is 12.0. The molecule has 1 heterocycles. The summed E-state index contributed by atoms with van der Waals surface area (Å²) in [5, 5.41) is 11.3. The van der Waals surface area contributed by atoms with Crippen LogP contribution in [0.4, 0.5) is 10.5 Å². The lowest BCUT2D eigenvalue weighted by Crippen LogP contribution is -2.47. The molecular weight excluding hydrogens is 480 g/mol. The lowest BCUT2D eigenvalue weighted by atomic mass is 9.85. The summed E-state index contributed by atoms with van der Waals surface area (Å²) in [4.78, 5) is 33.3. The number of benzene rings is 2. The van der Waals surface area contributed by atoms with Gasteiger partial charge in [-0.2, -0.15) is 5.26 Å². The van der Waals surface area contributed by atoms with Crippen LogP contribution in [0.5, 0.6) is 0 Å². The maximum atomic E-state index is 13.9. The van der Waals surface area contributed by atoms with E-state index in [9.17, 15) is 14.9 Å². The number of thiophene rings is 1. The highest BCUT2D eigenvalue weighted by atomic mass is 32.1. The van der Waals surface area contributed by atoms with E-state index < -0.39 is 5.92 Å². The van der Waals surface area contributed by atoms with Crippen molar-refractivity contribution in [2.24, 2.45) is 5.92 Å². The number of nitriles is 1. The van der Waals surface area contributed by atoms with Gasteiger partial charge in [-0.3, -0.25) is 4.79 Å². The molecule has 2 atom stereocenters. The minimum absolute atomic E-state index is 0.178. The molecule has 0 fully saturated rings. The largest absolute Gasteiger partial charge is 0.330 e. The Kier molecular flexibility index (Phi) is 11.1. The van der Waals surface area contributed by atoms with E-state index in [-0.39, 0.29) is 17.9 Å². The molecule has 0 unspecified atom stereocenters. The molecule has 0 aliphatic carbocycles. The van der Waals surface area contributed by atoms with E-state index >= 15 is 0 Å². The maximum Gasteiger partial charge on any atom is 0.330 e. The van der Waals surface area contributed by atoms with Gasteiger partial charge < -0.3 is 9.80 Å². The zero-order valence-corrected chi connectivity index (χ0v) is 22.9. The summed E-state index contributed by atoms with van der Waals surface area (Å²) >= 11 is 1.70. The number of carbonyl (C=O) groups is 2. The summed E-state index contributed by atoms with van der Waals surface area (Å²) in [6, 6.07) is 20.7. The summed E-state index contributed by atoms with van der Waals surface area (Å²) in [7, 11) is 5.34. The van der Waals surface area contributed by atoms with E-state index in [1.807, 2.05) is 57.3 Å². The highest BCUT2D eigenvalue weighted by molar-refractivity contribution is 7.09. The number of terminal acetylenes is 1. The summed E-state index contributed by atoms with van der Waals surface area (Å²) in [6.45, 7) is 5.21. The monoisotopic (exact) mass is 514 g/mol. The molecule has 0 spiro atoms. The van der Waals surface area contributed by atoms with Crippen molar-refractivity contribution in [2.75, 3.05) is 32.6 Å². The first-order chi connectivity index (χ1) is 17.7. The molecule has 0 aliphatic heterocycles. The van der Waals surface area contributed by atoms with Crippen LogP contribution in [0.25, 0.3) is 0 Å². The van der Waals surface area contributed by atoms with E-state index in [0.717, 1.165) is 17.7 Å². The molecule has 192 valence electrons. The van der Waals surface area contributed by atoms with E-state index in [0.29, 0.717) is 17.8 Å². The van der Waals surface area contributed by atoms with Gasteiger partial charge in [0.2, 0.25) is 5.91 Å². The highest BCUT2D eigenvalue weighted by Gasteiger charge is 2.34. The minimum atomic E-state index is -0.488. The number of hydrogen-bond acceptors (Lipinski definition) is 5. The average molecular weight is 515 g/mol. The summed E-state index contributed by atoms with van der Waals surface area (Å²) < 4.78 is 0. The standard InChI is InChI=1S/C28H32N4O2S.C2H2/c1-20-8-6-9-24(16-20)32(28(34)30(3)4)27(33)21(2)26(23-13-11-22(17-29)12-14-23)19-31(5)18-25-10-7-15-35-25;1-2/h6-16,21,26H,18-19H2,1-5H3;1-2H/t21-,26+;/m0./s1. The zero-order chi connectivity index (χ0) is 27.5. The van der Waals surface area contributed by atoms with E-state index in [4.69, 9.17) is 0 Å². The van der Waals surface area contributed by atoms with Crippen molar-refractivity contribution < 1.29 is 9.59 Å². The Morgan fingerprint density at radius 2 is 1.70 bits per heavy atom. The number of urea groups is 1. The molecule has 0 bridgehead atoms. The van der Waals surface area contributed by atoms with Crippen molar-refractivity contribution in [2.45, 2.75) is 26.3 Å². The molecule has 0 saturated heterocycles. The predicted molar refractivity (Wildman–Crippen MR) is 151 cm³/mol. The first-order valence-electron chi connectivity index (χ1n) is 11.9. The van der Waals surface area contributed by atoms with Gasteiger partial charge in [0.25, 0.3) is 0 Å². The Labute approximate surface area is 224 Å². The van der Waals surface area contributed by atoms with Crippen molar-refractivity contribution in [3.63, 3.8) is 0 Å². The molecule has 0 aliphatic rings. The second-order valence-corrected chi connectivity index (χ2v) is 10.1. The topological polar surface area (TPSA) is 67.6 Å². The van der Waals surface area contributed by atoms with Crippen LogP contribution in [-0.4, -0.2) is 49.4 Å². The smallest absolute Gasteiger partial charge is 0.330 e. The van der Waals surface area contributed by atoms with Crippen molar-refractivity contribution in [1.82, 2.24) is 9.80 Å². The minimum Gasteiger partial charge on any atom is -0.330 e. The number of hydrogen-bond donors (Lipinski definition) is 0. The van der Waals surface area contributed by atoms with E-state index in [1.165, 1.54) is 14.7 Å². The molecule has 37 heavy (non-hydrogen) atoms. The lowest BCUT2D eigenvalue weighted by molar-refractivity contribution is -0.122. The molecular formula is C30H34N4O2S. The van der Waals surface area contributed by atoms with Crippen LogP contribution in [0.1, 0.15) is 34.4 Å². The molecule has 3 aromatic rings. The molecule has 0 N–H and O–H groups in total. The predicted octanol–water partition coefficient (Wildman–Crippen LogP) is 5.74. The van der Waals surface area contributed by atoms with Gasteiger partial charge in [-0.15, -0.1) is 24.2 Å². The van der Waals surface area contributed by atoms with Crippen LogP contribution < -0.4 is 4.90 Å². The SMILES string of the molecule is C#C.Cc1cccc(N(C(=O)[C@@H](C)[C@@H](CN(C)Cc2cccs2)c2ccc(C#N)cc2)C(=O)N(C)C)c1. The maximum absolute atomic E-state index is 13.9. The van der Waals surface area contributed by atoms with Crippen LogP contribution in [0.3, 0.4) is 0 Å². The van der Waals surface area contributed by atoms with Gasteiger partial charge in [0.15, 0.2) is 0 Å². The number of carbonyl (C=O) groups excluding carboxylic acids is 2. The zero-order valence-electron chi connectivity index (χ0n) is 22.1. The Bertz CT molecular complexity index is 1230. The second-order valence-electron chi connectivity index (χ2n) is 9.09. The van der Waals surface area contributed by atoms with Crippen molar-refractivity contribution in [3.8, 4) is 18.9 Å². The highest BCUT2D eigenvalue weighted by Crippen LogP contribution is 2.30. The number of aryl methyl sites for hydroxylation is 1. The first kappa shape index (κ1) is 29.3. The number of likely N-dealkylation sites (N-methyl/N-ethyl adjacent to an activating group) is 1. The van der Waals surface area contributed by atoms with Gasteiger partial charge >= 0.3 is 6.03 Å². The molecule has 3 rings (SSSR count). The Hall–Kier alpha value is -3.91. The van der Waals surface area contributed by atoms with E-state index in [2.05, 4.69) is 35.3 Å². The third-order valence-corrected chi connectivity index (χ3v) is 6.89. The Balaban J connectivity index is 0.00000235. The molecule has 6 nitrogen and oxygen atoms in total. The fraction of sp³-hybridized carbons (Fsp3) is 0.300. The van der Waals surface area contributed by atoms with Crippen LogP contribution in [0.2, 0.25) is 0 Å². The summed E-state index contributed by atoms with van der Waals surface area (Å²) in [5.41, 5.74) is 3.07. The van der Waals surface area contributed by atoms with E-state index in [1.54, 1.807) is 43.6 Å².